The van der Waals surface area contributed by atoms with E-state index >= 15 is 0 Å². The number of hydrogen-bond acceptors (Lipinski definition) is 3. The molecule has 0 atom stereocenters. The highest BCUT2D eigenvalue weighted by Gasteiger charge is 2.26. The van der Waals surface area contributed by atoms with Crippen LogP contribution in [0.25, 0.3) is 0 Å². The lowest BCUT2D eigenvalue weighted by atomic mass is 9.92. The molecule has 1 aromatic carbocycles. The molecule has 6 heteroatoms. The Bertz CT molecular complexity index is 691. The van der Waals surface area contributed by atoms with Crippen molar-refractivity contribution in [1.82, 2.24) is 20.9 Å². The fourth-order valence-electron chi connectivity index (χ4n) is 4.68. The standard InChI is InChI=1S/C24H39N5O/c1-3-26-24(27-15-12-19-8-7-9-20(18-19)23(30)25-2)28-21-13-16-29(17-14-21)22-10-5-4-6-11-22/h7-9,18,21-22H,3-6,10-17H2,1-2H3,(H,25,30)(H2,26,27,28). The van der Waals surface area contributed by atoms with Gasteiger partial charge in [-0.05, 0) is 56.7 Å². The second-order valence-corrected chi connectivity index (χ2v) is 8.54. The number of aliphatic imine (C=N–C) groups is 1. The highest BCUT2D eigenvalue weighted by molar-refractivity contribution is 5.94. The second kappa shape index (κ2) is 11.9. The molecule has 1 aliphatic heterocycles. The largest absolute Gasteiger partial charge is 0.357 e. The van der Waals surface area contributed by atoms with Crippen molar-refractivity contribution in [3.63, 3.8) is 0 Å². The van der Waals surface area contributed by atoms with E-state index in [1.54, 1.807) is 7.05 Å². The predicted molar refractivity (Wildman–Crippen MR) is 124 cm³/mol. The van der Waals surface area contributed by atoms with Crippen LogP contribution in [0, 0.1) is 0 Å². The first-order chi connectivity index (χ1) is 14.7. The molecule has 0 radical (unpaired) electrons. The van der Waals surface area contributed by atoms with Crippen molar-refractivity contribution in [3.8, 4) is 0 Å². The zero-order chi connectivity index (χ0) is 21.2. The van der Waals surface area contributed by atoms with E-state index in [9.17, 15) is 4.79 Å². The third-order valence-corrected chi connectivity index (χ3v) is 6.39. The van der Waals surface area contributed by atoms with Gasteiger partial charge in [0.05, 0.1) is 0 Å². The van der Waals surface area contributed by atoms with Crippen molar-refractivity contribution in [2.24, 2.45) is 4.99 Å². The van der Waals surface area contributed by atoms with Gasteiger partial charge in [0.2, 0.25) is 0 Å². The van der Waals surface area contributed by atoms with Gasteiger partial charge in [-0.25, -0.2) is 0 Å². The topological polar surface area (TPSA) is 68.8 Å². The van der Waals surface area contributed by atoms with Gasteiger partial charge in [-0.15, -0.1) is 0 Å². The van der Waals surface area contributed by atoms with E-state index in [1.165, 1.54) is 58.0 Å². The van der Waals surface area contributed by atoms with E-state index in [1.807, 2.05) is 18.2 Å². The normalized spacial score (nSPS) is 19.5. The number of nitrogens with one attached hydrogen (secondary N) is 3. The molecule has 1 aliphatic carbocycles. The van der Waals surface area contributed by atoms with E-state index in [0.717, 1.165) is 30.5 Å². The maximum Gasteiger partial charge on any atom is 0.251 e. The molecule has 1 saturated carbocycles. The lowest BCUT2D eigenvalue weighted by molar-refractivity contribution is 0.0963. The van der Waals surface area contributed by atoms with E-state index in [-0.39, 0.29) is 5.91 Å². The summed E-state index contributed by atoms with van der Waals surface area (Å²) in [7, 11) is 1.66. The van der Waals surface area contributed by atoms with Gasteiger partial charge in [-0.1, -0.05) is 31.4 Å². The van der Waals surface area contributed by atoms with Crippen molar-refractivity contribution >= 4 is 11.9 Å². The van der Waals surface area contributed by atoms with Crippen LogP contribution in [0.3, 0.4) is 0 Å². The summed E-state index contributed by atoms with van der Waals surface area (Å²) in [6.07, 6.45) is 10.2. The van der Waals surface area contributed by atoms with Gasteiger partial charge >= 0.3 is 0 Å². The van der Waals surface area contributed by atoms with Gasteiger partial charge in [0.15, 0.2) is 5.96 Å². The van der Waals surface area contributed by atoms with E-state index < -0.39 is 0 Å². The number of likely N-dealkylation sites (tertiary alicyclic amines) is 1. The average Bonchev–Trinajstić information content (AvgIpc) is 2.80. The summed E-state index contributed by atoms with van der Waals surface area (Å²) in [5.74, 6) is 0.867. The Balaban J connectivity index is 1.47. The molecule has 1 amide bonds. The van der Waals surface area contributed by atoms with Crippen LogP contribution < -0.4 is 16.0 Å². The summed E-state index contributed by atoms with van der Waals surface area (Å²) in [6.45, 7) is 6.07. The number of nitrogens with zero attached hydrogens (tertiary/aromatic N) is 2. The zero-order valence-electron chi connectivity index (χ0n) is 18.8. The summed E-state index contributed by atoms with van der Waals surface area (Å²) in [5, 5.41) is 9.72. The van der Waals surface area contributed by atoms with Gasteiger partial charge in [0, 0.05) is 50.9 Å². The molecule has 30 heavy (non-hydrogen) atoms. The van der Waals surface area contributed by atoms with Crippen molar-refractivity contribution < 1.29 is 4.79 Å². The van der Waals surface area contributed by atoms with Gasteiger partial charge in [-0.2, -0.15) is 0 Å². The number of amides is 1. The first kappa shape index (κ1) is 22.6. The summed E-state index contributed by atoms with van der Waals surface area (Å²) in [6, 6.07) is 9.12. The monoisotopic (exact) mass is 413 g/mol. The first-order valence-electron chi connectivity index (χ1n) is 11.8. The lowest BCUT2D eigenvalue weighted by Gasteiger charge is -2.39. The van der Waals surface area contributed by atoms with Crippen LogP contribution >= 0.6 is 0 Å². The summed E-state index contributed by atoms with van der Waals surface area (Å²) in [5.41, 5.74) is 1.84. The summed E-state index contributed by atoms with van der Waals surface area (Å²) < 4.78 is 0. The van der Waals surface area contributed by atoms with Crippen LogP contribution in [0.1, 0.15) is 67.8 Å². The van der Waals surface area contributed by atoms with E-state index in [2.05, 4.69) is 33.8 Å². The van der Waals surface area contributed by atoms with Crippen LogP contribution in [0.15, 0.2) is 29.3 Å². The maximum atomic E-state index is 11.8. The van der Waals surface area contributed by atoms with Crippen molar-refractivity contribution in [3.05, 3.63) is 35.4 Å². The molecule has 0 unspecified atom stereocenters. The Labute approximate surface area is 181 Å². The number of carbonyl (C=O) groups excluding carboxylic acids is 1. The molecule has 2 aliphatic rings. The highest BCUT2D eigenvalue weighted by Crippen LogP contribution is 2.25. The van der Waals surface area contributed by atoms with Gasteiger partial charge < -0.3 is 20.9 Å². The number of benzene rings is 1. The third-order valence-electron chi connectivity index (χ3n) is 6.39. The molecule has 2 fully saturated rings. The molecule has 3 rings (SSSR count). The number of guanidine groups is 1. The quantitative estimate of drug-likeness (QED) is 0.475. The van der Waals surface area contributed by atoms with Crippen molar-refractivity contribution in [1.29, 1.82) is 0 Å². The minimum atomic E-state index is -0.0464. The maximum absolute atomic E-state index is 11.8. The number of rotatable bonds is 7. The molecular weight excluding hydrogens is 374 g/mol. The van der Waals surface area contributed by atoms with Crippen LogP contribution in [-0.2, 0) is 6.42 Å². The SMILES string of the molecule is CCNC(=NCCc1cccc(C(=O)NC)c1)NC1CCN(C2CCCCC2)CC1. The van der Waals surface area contributed by atoms with Crippen LogP contribution in [0.4, 0.5) is 0 Å². The molecule has 1 aromatic rings. The van der Waals surface area contributed by atoms with Gasteiger partial charge in [0.25, 0.3) is 5.91 Å². The Morgan fingerprint density at radius 1 is 1.13 bits per heavy atom. The summed E-state index contributed by atoms with van der Waals surface area (Å²) in [4.78, 5) is 19.3. The third kappa shape index (κ3) is 6.73. The van der Waals surface area contributed by atoms with Gasteiger partial charge in [-0.3, -0.25) is 9.79 Å². The van der Waals surface area contributed by atoms with Gasteiger partial charge in [0.1, 0.15) is 0 Å². The predicted octanol–water partition coefficient (Wildman–Crippen LogP) is 2.94. The molecule has 166 valence electrons. The van der Waals surface area contributed by atoms with Crippen molar-refractivity contribution in [2.45, 2.75) is 70.4 Å². The summed E-state index contributed by atoms with van der Waals surface area (Å²) >= 11 is 0. The van der Waals surface area contributed by atoms with Crippen LogP contribution in [0.5, 0.6) is 0 Å². The minimum Gasteiger partial charge on any atom is -0.357 e. The Kier molecular flexibility index (Phi) is 9.00. The first-order valence-corrected chi connectivity index (χ1v) is 11.8. The molecule has 0 bridgehead atoms. The molecular formula is C24H39N5O. The Hall–Kier alpha value is -2.08. The number of hydrogen-bond donors (Lipinski definition) is 3. The van der Waals surface area contributed by atoms with Crippen LogP contribution in [-0.4, -0.2) is 62.1 Å². The fourth-order valence-corrected chi connectivity index (χ4v) is 4.68. The van der Waals surface area contributed by atoms with E-state index in [4.69, 9.17) is 4.99 Å². The Morgan fingerprint density at radius 3 is 2.60 bits per heavy atom. The molecule has 0 spiro atoms. The second-order valence-electron chi connectivity index (χ2n) is 8.54. The Morgan fingerprint density at radius 2 is 1.90 bits per heavy atom. The molecule has 0 aromatic heterocycles. The van der Waals surface area contributed by atoms with Crippen molar-refractivity contribution in [2.75, 3.05) is 33.2 Å². The average molecular weight is 414 g/mol. The van der Waals surface area contributed by atoms with E-state index in [0.29, 0.717) is 18.2 Å². The fraction of sp³-hybridized carbons (Fsp3) is 0.667. The highest BCUT2D eigenvalue weighted by atomic mass is 16.1. The lowest BCUT2D eigenvalue weighted by Crippen LogP contribution is -2.51. The molecule has 1 saturated heterocycles. The van der Waals surface area contributed by atoms with Crippen LogP contribution in [0.2, 0.25) is 0 Å². The molecule has 1 heterocycles. The smallest absolute Gasteiger partial charge is 0.251 e. The molecule has 3 N–H and O–H groups in total. The number of carbonyl (C=O) groups is 1. The number of piperidine rings is 1. The minimum absolute atomic E-state index is 0.0464. The molecule has 6 nitrogen and oxygen atoms in total. The zero-order valence-corrected chi connectivity index (χ0v) is 18.8.